The van der Waals surface area contributed by atoms with Crippen molar-refractivity contribution in [1.82, 2.24) is 0 Å². The topological polar surface area (TPSA) is 37.4 Å². The number of amides is 1. The lowest BCUT2D eigenvalue weighted by molar-refractivity contribution is -0.123. The largest absolute Gasteiger partial charge is 0.309 e. The van der Waals surface area contributed by atoms with Gasteiger partial charge in [-0.3, -0.25) is 9.59 Å². The van der Waals surface area contributed by atoms with Gasteiger partial charge in [0.05, 0.1) is 5.38 Å². The number of Topliss-reactive ketones (excluding diaryl/α,β-unsaturated/α-hetero) is 1. The maximum atomic E-state index is 13.3. The monoisotopic (exact) mass is 389 g/mol. The van der Waals surface area contributed by atoms with Gasteiger partial charge in [0.15, 0.2) is 5.78 Å². The zero-order valence-corrected chi connectivity index (χ0v) is 17.6. The molecule has 3 nitrogen and oxygen atoms in total. The molecule has 27 heavy (non-hydrogen) atoms. The van der Waals surface area contributed by atoms with Gasteiger partial charge in [-0.1, -0.05) is 26.2 Å². The number of carbonyl (C=O) groups is 2. The molecule has 1 saturated carbocycles. The predicted molar refractivity (Wildman–Crippen MR) is 112 cm³/mol. The van der Waals surface area contributed by atoms with E-state index in [0.29, 0.717) is 5.56 Å². The Kier molecular flexibility index (Phi) is 6.62. The van der Waals surface area contributed by atoms with E-state index in [1.54, 1.807) is 6.92 Å². The van der Waals surface area contributed by atoms with Crippen molar-refractivity contribution in [3.05, 3.63) is 29.3 Å². The van der Waals surface area contributed by atoms with Gasteiger partial charge < -0.3 is 4.90 Å². The second-order valence-corrected chi connectivity index (χ2v) is 9.10. The fourth-order valence-electron chi connectivity index (χ4n) is 4.74. The number of rotatable bonds is 6. The summed E-state index contributed by atoms with van der Waals surface area (Å²) in [6, 6.07) is 5.85. The van der Waals surface area contributed by atoms with Crippen LogP contribution in [0, 0.1) is 11.8 Å². The molecule has 2 unspecified atom stereocenters. The lowest BCUT2D eigenvalue weighted by Gasteiger charge is -2.32. The molecule has 1 fully saturated rings. The van der Waals surface area contributed by atoms with Crippen molar-refractivity contribution in [2.45, 2.75) is 83.6 Å². The molecule has 0 radical (unpaired) electrons. The van der Waals surface area contributed by atoms with Crippen molar-refractivity contribution in [3.8, 4) is 0 Å². The van der Waals surface area contributed by atoms with Crippen LogP contribution in [0.3, 0.4) is 0 Å². The summed E-state index contributed by atoms with van der Waals surface area (Å²) in [6.07, 6.45) is 9.11. The SMILES string of the molecule is CCCCC1CCC(C(=O)N2c3ccc(C(=O)C(C)Cl)cc3CC2C)CC1. The first-order valence-electron chi connectivity index (χ1n) is 10.6. The Labute approximate surface area is 168 Å². The van der Waals surface area contributed by atoms with Crippen LogP contribution in [0.4, 0.5) is 5.69 Å². The molecule has 1 amide bonds. The zero-order valence-electron chi connectivity index (χ0n) is 16.8. The zero-order chi connectivity index (χ0) is 19.6. The van der Waals surface area contributed by atoms with Crippen molar-refractivity contribution in [3.63, 3.8) is 0 Å². The standard InChI is InChI=1S/C23H32ClNO2/c1-4-5-6-17-7-9-18(10-8-17)23(27)25-15(2)13-20-14-19(11-12-21(20)25)22(26)16(3)24/h11-12,14-18H,4-10,13H2,1-3H3. The third-order valence-electron chi connectivity index (χ3n) is 6.34. The summed E-state index contributed by atoms with van der Waals surface area (Å²) in [6.45, 7) is 6.05. The summed E-state index contributed by atoms with van der Waals surface area (Å²) in [5.74, 6) is 1.19. The van der Waals surface area contributed by atoms with E-state index in [1.165, 1.54) is 32.1 Å². The molecule has 1 aliphatic carbocycles. The summed E-state index contributed by atoms with van der Waals surface area (Å²) in [4.78, 5) is 27.4. The van der Waals surface area contributed by atoms with E-state index in [4.69, 9.17) is 11.6 Å². The molecule has 0 N–H and O–H groups in total. The molecule has 1 aliphatic heterocycles. The smallest absolute Gasteiger partial charge is 0.230 e. The van der Waals surface area contributed by atoms with E-state index in [9.17, 15) is 9.59 Å². The molecule has 0 bridgehead atoms. The molecule has 1 aromatic rings. The number of unbranched alkanes of at least 4 members (excludes halogenated alkanes) is 1. The Balaban J connectivity index is 1.70. The number of hydrogen-bond acceptors (Lipinski definition) is 2. The number of benzene rings is 1. The van der Waals surface area contributed by atoms with E-state index < -0.39 is 5.38 Å². The summed E-state index contributed by atoms with van der Waals surface area (Å²) < 4.78 is 0. The highest BCUT2D eigenvalue weighted by Gasteiger charge is 2.36. The minimum absolute atomic E-state index is 0.0534. The highest BCUT2D eigenvalue weighted by molar-refractivity contribution is 6.33. The van der Waals surface area contributed by atoms with Gasteiger partial charge in [-0.15, -0.1) is 11.6 Å². The molecular formula is C23H32ClNO2. The van der Waals surface area contributed by atoms with Gasteiger partial charge >= 0.3 is 0 Å². The molecule has 4 heteroatoms. The summed E-state index contributed by atoms with van der Waals surface area (Å²) in [5, 5.41) is -0.525. The molecule has 1 aromatic carbocycles. The van der Waals surface area contributed by atoms with Crippen LogP contribution in [0.5, 0.6) is 0 Å². The van der Waals surface area contributed by atoms with Crippen molar-refractivity contribution in [2.24, 2.45) is 11.8 Å². The van der Waals surface area contributed by atoms with E-state index >= 15 is 0 Å². The quantitative estimate of drug-likeness (QED) is 0.457. The Bertz CT molecular complexity index is 692. The van der Waals surface area contributed by atoms with Gasteiger partial charge in [0, 0.05) is 23.2 Å². The number of carbonyl (C=O) groups excluding carboxylic acids is 2. The van der Waals surface area contributed by atoms with Crippen molar-refractivity contribution in [2.75, 3.05) is 4.90 Å². The van der Waals surface area contributed by atoms with Crippen molar-refractivity contribution >= 4 is 29.0 Å². The number of fused-ring (bicyclic) bond motifs is 1. The Morgan fingerprint density at radius 3 is 2.56 bits per heavy atom. The first kappa shape index (κ1) is 20.4. The normalized spacial score (nSPS) is 25.9. The van der Waals surface area contributed by atoms with Gasteiger partial charge in [-0.05, 0) is 75.6 Å². The third-order valence-corrected chi connectivity index (χ3v) is 6.54. The van der Waals surface area contributed by atoms with Crippen LogP contribution in [-0.2, 0) is 11.2 Å². The molecule has 3 rings (SSSR count). The van der Waals surface area contributed by atoms with Crippen molar-refractivity contribution < 1.29 is 9.59 Å². The molecule has 0 spiro atoms. The van der Waals surface area contributed by atoms with E-state index in [1.807, 2.05) is 23.1 Å². The van der Waals surface area contributed by atoms with E-state index in [2.05, 4.69) is 13.8 Å². The molecule has 2 aliphatic rings. The summed E-state index contributed by atoms with van der Waals surface area (Å²) in [7, 11) is 0. The van der Waals surface area contributed by atoms with Gasteiger partial charge in [0.1, 0.15) is 0 Å². The maximum Gasteiger partial charge on any atom is 0.230 e. The number of ketones is 1. The van der Waals surface area contributed by atoms with Crippen LogP contribution >= 0.6 is 11.6 Å². The van der Waals surface area contributed by atoms with Crippen LogP contribution < -0.4 is 4.90 Å². The fourth-order valence-corrected chi connectivity index (χ4v) is 4.86. The molecule has 2 atom stereocenters. The van der Waals surface area contributed by atoms with E-state index in [0.717, 1.165) is 36.4 Å². The second kappa shape index (κ2) is 8.77. The second-order valence-electron chi connectivity index (χ2n) is 8.45. The van der Waals surface area contributed by atoms with Crippen LogP contribution in [0.1, 0.15) is 81.6 Å². The third kappa shape index (κ3) is 4.39. The predicted octanol–water partition coefficient (Wildman–Crippen LogP) is 5.77. The molecule has 1 heterocycles. The number of anilines is 1. The number of alkyl halides is 1. The molecular weight excluding hydrogens is 358 g/mol. The summed E-state index contributed by atoms with van der Waals surface area (Å²) >= 11 is 5.95. The lowest BCUT2D eigenvalue weighted by Crippen LogP contribution is -2.41. The fraction of sp³-hybridized carbons (Fsp3) is 0.652. The highest BCUT2D eigenvalue weighted by atomic mass is 35.5. The van der Waals surface area contributed by atoms with E-state index in [-0.39, 0.29) is 23.7 Å². The van der Waals surface area contributed by atoms with Crippen molar-refractivity contribution in [1.29, 1.82) is 0 Å². The van der Waals surface area contributed by atoms with Crippen LogP contribution in [0.15, 0.2) is 18.2 Å². The highest BCUT2D eigenvalue weighted by Crippen LogP contribution is 2.38. The van der Waals surface area contributed by atoms with Gasteiger partial charge in [0.25, 0.3) is 0 Å². The van der Waals surface area contributed by atoms with Crippen LogP contribution in [-0.4, -0.2) is 23.1 Å². The first-order valence-corrected chi connectivity index (χ1v) is 11.0. The number of nitrogens with zero attached hydrogens (tertiary/aromatic N) is 1. The molecule has 148 valence electrons. The van der Waals surface area contributed by atoms with Crippen LogP contribution in [0.25, 0.3) is 0 Å². The van der Waals surface area contributed by atoms with Gasteiger partial charge in [-0.2, -0.15) is 0 Å². The minimum atomic E-state index is -0.525. The number of halogens is 1. The average Bonchev–Trinajstić information content (AvgIpc) is 3.00. The minimum Gasteiger partial charge on any atom is -0.309 e. The lowest BCUT2D eigenvalue weighted by atomic mass is 9.79. The maximum absolute atomic E-state index is 13.3. The van der Waals surface area contributed by atoms with Crippen LogP contribution in [0.2, 0.25) is 0 Å². The Hall–Kier alpha value is -1.35. The van der Waals surface area contributed by atoms with Gasteiger partial charge in [-0.25, -0.2) is 0 Å². The average molecular weight is 390 g/mol. The Morgan fingerprint density at radius 2 is 1.93 bits per heavy atom. The molecule has 0 saturated heterocycles. The number of hydrogen-bond donors (Lipinski definition) is 0. The van der Waals surface area contributed by atoms with Gasteiger partial charge in [0.2, 0.25) is 5.91 Å². The molecule has 0 aromatic heterocycles. The first-order chi connectivity index (χ1) is 12.9. The Morgan fingerprint density at radius 1 is 1.22 bits per heavy atom. The summed E-state index contributed by atoms with van der Waals surface area (Å²) in [5.41, 5.74) is 2.73.